The minimum atomic E-state index is 0.679. The van der Waals surface area contributed by atoms with Crippen molar-refractivity contribution >= 4 is 28.9 Å². The van der Waals surface area contributed by atoms with Crippen molar-refractivity contribution in [1.82, 2.24) is 0 Å². The first-order valence-electron chi connectivity index (χ1n) is 4.99. The van der Waals surface area contributed by atoms with Crippen LogP contribution in [0.15, 0.2) is 12.1 Å². The maximum absolute atomic E-state index is 6.03. The molecule has 74 valence electrons. The molecule has 0 amide bonds. The Labute approximate surface area is 93.6 Å². The molecule has 14 heavy (non-hydrogen) atoms. The van der Waals surface area contributed by atoms with Crippen LogP contribution in [0.2, 0.25) is 10.0 Å². The summed E-state index contributed by atoms with van der Waals surface area (Å²) in [4.78, 5) is 2.42. The first kappa shape index (κ1) is 8.87. The summed E-state index contributed by atoms with van der Waals surface area (Å²) in [5, 5.41) is 1.37. The number of piperidine rings is 1. The number of fused-ring (bicyclic) bond motifs is 5. The fraction of sp³-hybridized carbons (Fsp3) is 0.455. The summed E-state index contributed by atoms with van der Waals surface area (Å²) in [6.07, 6.45) is 2.58. The first-order chi connectivity index (χ1) is 6.75. The maximum Gasteiger partial charge on any atom is 0.0613 e. The number of hydrogen-bond acceptors (Lipinski definition) is 1. The average molecular weight is 228 g/mol. The van der Waals surface area contributed by atoms with Crippen molar-refractivity contribution in [2.75, 3.05) is 18.0 Å². The minimum Gasteiger partial charge on any atom is -0.371 e. The van der Waals surface area contributed by atoms with Gasteiger partial charge in [0.15, 0.2) is 0 Å². The van der Waals surface area contributed by atoms with Crippen LogP contribution < -0.4 is 4.90 Å². The highest BCUT2D eigenvalue weighted by atomic mass is 35.5. The Morgan fingerprint density at radius 2 is 2.00 bits per heavy atom. The number of halogens is 2. The maximum atomic E-state index is 6.03. The van der Waals surface area contributed by atoms with Gasteiger partial charge in [0, 0.05) is 24.7 Å². The molecule has 2 heterocycles. The third-order valence-electron chi connectivity index (χ3n) is 3.27. The van der Waals surface area contributed by atoms with E-state index in [1.165, 1.54) is 30.6 Å². The van der Waals surface area contributed by atoms with Crippen molar-refractivity contribution in [2.24, 2.45) is 0 Å². The number of benzene rings is 1. The Hall–Kier alpha value is -0.400. The zero-order valence-electron chi connectivity index (χ0n) is 7.76. The van der Waals surface area contributed by atoms with E-state index in [0.717, 1.165) is 6.54 Å². The van der Waals surface area contributed by atoms with Crippen LogP contribution in [0.3, 0.4) is 0 Å². The molecule has 2 aliphatic heterocycles. The van der Waals surface area contributed by atoms with Crippen LogP contribution >= 0.6 is 23.2 Å². The molecule has 3 heteroatoms. The second kappa shape index (κ2) is 3.04. The molecular weight excluding hydrogens is 217 g/mol. The van der Waals surface area contributed by atoms with E-state index in [4.69, 9.17) is 23.2 Å². The van der Waals surface area contributed by atoms with Gasteiger partial charge in [0.2, 0.25) is 0 Å². The van der Waals surface area contributed by atoms with Gasteiger partial charge in [-0.1, -0.05) is 23.2 Å². The molecule has 1 atom stereocenters. The Kier molecular flexibility index (Phi) is 1.93. The van der Waals surface area contributed by atoms with Crippen LogP contribution in [-0.2, 0) is 0 Å². The van der Waals surface area contributed by atoms with E-state index in [9.17, 15) is 0 Å². The quantitative estimate of drug-likeness (QED) is 0.654. The Morgan fingerprint density at radius 1 is 1.21 bits per heavy atom. The van der Waals surface area contributed by atoms with Crippen molar-refractivity contribution in [3.05, 3.63) is 27.7 Å². The van der Waals surface area contributed by atoms with Crippen LogP contribution in [0.1, 0.15) is 24.3 Å². The second-order valence-corrected chi connectivity index (χ2v) is 4.92. The van der Waals surface area contributed by atoms with Crippen LogP contribution in [0, 0.1) is 0 Å². The summed E-state index contributed by atoms with van der Waals surface area (Å²) < 4.78 is 0. The van der Waals surface area contributed by atoms with Crippen LogP contribution in [0.4, 0.5) is 5.69 Å². The van der Waals surface area contributed by atoms with E-state index in [-0.39, 0.29) is 0 Å². The number of nitrogens with zero attached hydrogens (tertiary/aromatic N) is 1. The summed E-state index contributed by atoms with van der Waals surface area (Å²) in [6, 6.07) is 4.07. The molecule has 2 aliphatic rings. The van der Waals surface area contributed by atoms with E-state index in [0.29, 0.717) is 16.0 Å². The third kappa shape index (κ3) is 1.15. The van der Waals surface area contributed by atoms with Crippen molar-refractivity contribution < 1.29 is 0 Å². The molecule has 0 saturated carbocycles. The molecule has 0 spiro atoms. The third-order valence-corrected chi connectivity index (χ3v) is 3.99. The van der Waals surface area contributed by atoms with Gasteiger partial charge in [0.25, 0.3) is 0 Å². The molecule has 1 unspecified atom stereocenters. The second-order valence-electron chi connectivity index (χ2n) is 4.11. The van der Waals surface area contributed by atoms with Gasteiger partial charge < -0.3 is 4.90 Å². The van der Waals surface area contributed by atoms with Gasteiger partial charge in [-0.3, -0.25) is 0 Å². The lowest BCUT2D eigenvalue weighted by Gasteiger charge is -2.24. The number of hydrogen-bond donors (Lipinski definition) is 0. The minimum absolute atomic E-state index is 0.679. The topological polar surface area (TPSA) is 3.24 Å². The molecule has 2 bridgehead atoms. The zero-order chi connectivity index (χ0) is 9.71. The Morgan fingerprint density at radius 3 is 2.86 bits per heavy atom. The van der Waals surface area contributed by atoms with Crippen LogP contribution in [0.25, 0.3) is 0 Å². The molecule has 1 nitrogen and oxygen atoms in total. The molecular formula is C11H11Cl2N. The normalized spacial score (nSPS) is 23.9. The predicted molar refractivity (Wildman–Crippen MR) is 60.7 cm³/mol. The lowest BCUT2D eigenvalue weighted by molar-refractivity contribution is 0.546. The van der Waals surface area contributed by atoms with Gasteiger partial charge in [-0.2, -0.15) is 0 Å². The highest BCUT2D eigenvalue weighted by Gasteiger charge is 2.32. The van der Waals surface area contributed by atoms with Gasteiger partial charge >= 0.3 is 0 Å². The van der Waals surface area contributed by atoms with E-state index in [2.05, 4.69) is 11.0 Å². The Balaban J connectivity index is 2.17. The monoisotopic (exact) mass is 227 g/mol. The lowest BCUT2D eigenvalue weighted by atomic mass is 9.96. The van der Waals surface area contributed by atoms with E-state index in [1.54, 1.807) is 0 Å². The van der Waals surface area contributed by atoms with E-state index in [1.807, 2.05) is 6.07 Å². The first-order valence-corrected chi connectivity index (χ1v) is 5.75. The summed E-state index contributed by atoms with van der Waals surface area (Å²) in [5.41, 5.74) is 2.71. The summed E-state index contributed by atoms with van der Waals surface area (Å²) in [6.45, 7) is 2.33. The predicted octanol–water partition coefficient (Wildman–Crippen LogP) is 3.69. The van der Waals surface area contributed by atoms with Crippen molar-refractivity contribution in [1.29, 1.82) is 0 Å². The highest BCUT2D eigenvalue weighted by molar-refractivity contribution is 6.42. The fourth-order valence-corrected chi connectivity index (χ4v) is 2.93. The molecule has 1 fully saturated rings. The van der Waals surface area contributed by atoms with E-state index < -0.39 is 0 Å². The Bertz CT molecular complexity index is 354. The SMILES string of the molecule is Clc1cc2c(cc1Cl)N1CCCC2C1. The molecule has 0 N–H and O–H groups in total. The molecule has 3 rings (SSSR count). The average Bonchev–Trinajstić information content (AvgIpc) is 2.42. The smallest absolute Gasteiger partial charge is 0.0613 e. The molecule has 1 saturated heterocycles. The van der Waals surface area contributed by atoms with Gasteiger partial charge in [0.05, 0.1) is 10.0 Å². The number of rotatable bonds is 0. The van der Waals surface area contributed by atoms with Crippen LogP contribution in [-0.4, -0.2) is 13.1 Å². The van der Waals surface area contributed by atoms with E-state index >= 15 is 0 Å². The van der Waals surface area contributed by atoms with Crippen molar-refractivity contribution in [3.8, 4) is 0 Å². The molecule has 1 aromatic rings. The fourth-order valence-electron chi connectivity index (χ4n) is 2.60. The number of anilines is 1. The zero-order valence-corrected chi connectivity index (χ0v) is 9.28. The molecule has 0 aliphatic carbocycles. The summed E-state index contributed by atoms with van der Waals surface area (Å²) >= 11 is 12.1. The summed E-state index contributed by atoms with van der Waals surface area (Å²) in [7, 11) is 0. The van der Waals surface area contributed by atoms with Gasteiger partial charge in [-0.25, -0.2) is 0 Å². The van der Waals surface area contributed by atoms with Crippen LogP contribution in [0.5, 0.6) is 0 Å². The molecule has 1 aromatic carbocycles. The van der Waals surface area contributed by atoms with Crippen molar-refractivity contribution in [3.63, 3.8) is 0 Å². The standard InChI is InChI=1S/C11H11Cl2N/c12-9-4-8-7-2-1-3-14(6-7)11(8)5-10(9)13/h4-5,7H,1-3,6H2. The molecule has 0 aromatic heterocycles. The largest absolute Gasteiger partial charge is 0.371 e. The van der Waals surface area contributed by atoms with Gasteiger partial charge in [-0.15, -0.1) is 0 Å². The molecule has 0 radical (unpaired) electrons. The van der Waals surface area contributed by atoms with Gasteiger partial charge in [-0.05, 0) is 30.5 Å². The lowest BCUT2D eigenvalue weighted by Crippen LogP contribution is -2.27. The highest BCUT2D eigenvalue weighted by Crippen LogP contribution is 2.45. The van der Waals surface area contributed by atoms with Gasteiger partial charge in [0.1, 0.15) is 0 Å². The summed E-state index contributed by atoms with van der Waals surface area (Å²) in [5.74, 6) is 0.688. The van der Waals surface area contributed by atoms with Crippen molar-refractivity contribution in [2.45, 2.75) is 18.8 Å².